The van der Waals surface area contributed by atoms with Gasteiger partial charge < -0.3 is 4.52 Å². The Morgan fingerprint density at radius 2 is 1.70 bits per heavy atom. The maximum absolute atomic E-state index is 9.74. The molecular formula is C2H7K2O5P. The van der Waals surface area contributed by atoms with E-state index in [1.165, 1.54) is 0 Å². The zero-order valence-electron chi connectivity index (χ0n) is 4.07. The van der Waals surface area contributed by atoms with E-state index in [1.807, 2.05) is 0 Å². The Balaban J connectivity index is -0.000000245. The van der Waals surface area contributed by atoms with Crippen molar-refractivity contribution in [2.45, 2.75) is 6.92 Å². The molecule has 5 nitrogen and oxygen atoms in total. The van der Waals surface area contributed by atoms with Crippen molar-refractivity contribution < 1.29 is 23.7 Å². The number of hydrogen-bond donors (Lipinski definition) is 2. The molecule has 0 saturated carbocycles. The molecule has 0 saturated heterocycles. The molecule has 0 aromatic rings. The van der Waals surface area contributed by atoms with E-state index in [2.05, 4.69) is 4.52 Å². The summed E-state index contributed by atoms with van der Waals surface area (Å²) in [6.45, 7) is 0.916. The van der Waals surface area contributed by atoms with Gasteiger partial charge in [0.15, 0.2) is 0 Å². The first kappa shape index (κ1) is 18.6. The second-order valence-electron chi connectivity index (χ2n) is 1.07. The molecule has 0 atom stereocenters. The van der Waals surface area contributed by atoms with Crippen LogP contribution in [0.4, 0.5) is 0 Å². The Kier molecular flexibility index (Phi) is 15.8. The molecule has 0 aliphatic carbocycles. The second kappa shape index (κ2) is 8.49. The summed E-state index contributed by atoms with van der Waals surface area (Å²) in [7, 11) is -4.57. The molecule has 10 heavy (non-hydrogen) atoms. The zero-order valence-corrected chi connectivity index (χ0v) is 4.96. The van der Waals surface area contributed by atoms with E-state index in [0.717, 1.165) is 6.92 Å². The predicted octanol–water partition coefficient (Wildman–Crippen LogP) is -1.65. The van der Waals surface area contributed by atoms with Crippen molar-refractivity contribution in [3.05, 3.63) is 0 Å². The van der Waals surface area contributed by atoms with Gasteiger partial charge >= 0.3 is 117 Å². The maximum atomic E-state index is 9.74. The fourth-order valence-corrected chi connectivity index (χ4v) is 0.502. The molecule has 0 unspecified atom stereocenters. The topological polar surface area (TPSA) is 83.8 Å². The van der Waals surface area contributed by atoms with Crippen molar-refractivity contribution in [1.29, 1.82) is 0 Å². The Morgan fingerprint density at radius 3 is 1.70 bits per heavy atom. The quantitative estimate of drug-likeness (QED) is 0.408. The zero-order chi connectivity index (χ0) is 6.78. The molecule has 0 radical (unpaired) electrons. The van der Waals surface area contributed by atoms with Crippen molar-refractivity contribution in [3.63, 3.8) is 0 Å². The van der Waals surface area contributed by atoms with Gasteiger partial charge in [0.2, 0.25) is 0 Å². The van der Waals surface area contributed by atoms with Crippen LogP contribution in [0.25, 0.3) is 0 Å². The summed E-state index contributed by atoms with van der Waals surface area (Å²) in [5.74, 6) is -0.988. The van der Waals surface area contributed by atoms with E-state index < -0.39 is 13.8 Å². The third kappa shape index (κ3) is 17.1. The van der Waals surface area contributed by atoms with Gasteiger partial charge in [-0.2, -0.15) is 0 Å². The van der Waals surface area contributed by atoms with Crippen LogP contribution < -0.4 is 0 Å². The van der Waals surface area contributed by atoms with E-state index in [-0.39, 0.29) is 103 Å². The number of carbonyl (C=O) groups excluding carboxylic acids is 1. The molecule has 8 heteroatoms. The van der Waals surface area contributed by atoms with E-state index in [1.54, 1.807) is 0 Å². The van der Waals surface area contributed by atoms with Crippen molar-refractivity contribution in [2.24, 2.45) is 0 Å². The Bertz CT molecular complexity index is 141. The van der Waals surface area contributed by atoms with Gasteiger partial charge in [-0.05, 0) is 0 Å². The SMILES string of the molecule is CC(=O)OP(=O)(O)O.[KH].[KH]. The standard InChI is InChI=1S/C2H5O5P.2K.2H/c1-2(3)7-8(4,5)6;;;;/h1H3,(H2,4,5,6);;;;. The molecule has 0 aliphatic heterocycles. The van der Waals surface area contributed by atoms with Crippen LogP contribution in [0.2, 0.25) is 0 Å². The van der Waals surface area contributed by atoms with Crippen molar-refractivity contribution in [2.75, 3.05) is 0 Å². The molecule has 0 fully saturated rings. The van der Waals surface area contributed by atoms with Gasteiger partial charge in [-0.25, -0.2) is 4.57 Å². The van der Waals surface area contributed by atoms with Crippen molar-refractivity contribution >= 4 is 117 Å². The first-order valence-corrected chi connectivity index (χ1v) is 3.20. The van der Waals surface area contributed by atoms with Gasteiger partial charge in [-0.15, -0.1) is 0 Å². The van der Waals surface area contributed by atoms with Crippen LogP contribution in [0.5, 0.6) is 0 Å². The summed E-state index contributed by atoms with van der Waals surface area (Å²) in [6.07, 6.45) is 0. The van der Waals surface area contributed by atoms with Crippen LogP contribution in [0.1, 0.15) is 6.92 Å². The minimum absolute atomic E-state index is 0. The summed E-state index contributed by atoms with van der Waals surface area (Å²) in [5, 5.41) is 0. The van der Waals surface area contributed by atoms with Crippen LogP contribution in [0, 0.1) is 0 Å². The summed E-state index contributed by atoms with van der Waals surface area (Å²) in [6, 6.07) is 0. The third-order valence-corrected chi connectivity index (χ3v) is 0.742. The number of carbonyl (C=O) groups is 1. The predicted molar refractivity (Wildman–Crippen MR) is 38.1 cm³/mol. The number of rotatable bonds is 1. The van der Waals surface area contributed by atoms with Crippen LogP contribution in [0.15, 0.2) is 0 Å². The third-order valence-electron chi connectivity index (χ3n) is 0.247. The van der Waals surface area contributed by atoms with Gasteiger partial charge in [0.25, 0.3) is 0 Å². The molecule has 0 bridgehead atoms. The van der Waals surface area contributed by atoms with Gasteiger partial charge in [0, 0.05) is 6.92 Å². The molecular weight excluding hydrogens is 213 g/mol. The van der Waals surface area contributed by atoms with Crippen molar-refractivity contribution in [3.8, 4) is 0 Å². The van der Waals surface area contributed by atoms with Gasteiger partial charge in [-0.1, -0.05) is 0 Å². The Labute approximate surface area is 143 Å². The van der Waals surface area contributed by atoms with Gasteiger partial charge in [0.05, 0.1) is 0 Å². The first-order valence-electron chi connectivity index (χ1n) is 1.67. The average molecular weight is 220 g/mol. The molecule has 0 aliphatic rings. The minimum atomic E-state index is -4.57. The number of phosphoric ester groups is 1. The number of hydrogen-bond acceptors (Lipinski definition) is 3. The van der Waals surface area contributed by atoms with E-state index in [4.69, 9.17) is 9.79 Å². The summed E-state index contributed by atoms with van der Waals surface area (Å²) < 4.78 is 13.2. The molecule has 0 amide bonds. The summed E-state index contributed by atoms with van der Waals surface area (Å²) in [5.41, 5.74) is 0. The van der Waals surface area contributed by atoms with E-state index >= 15 is 0 Å². The summed E-state index contributed by atoms with van der Waals surface area (Å²) >= 11 is 0. The molecule has 0 rings (SSSR count). The average Bonchev–Trinajstić information content (AvgIpc) is 1.21. The molecule has 2 N–H and O–H groups in total. The first-order chi connectivity index (χ1) is 3.42. The molecule has 52 valence electrons. The second-order valence-corrected chi connectivity index (χ2v) is 2.24. The fourth-order valence-electron chi connectivity index (χ4n) is 0.167. The van der Waals surface area contributed by atoms with Gasteiger partial charge in [-0.3, -0.25) is 14.6 Å². The normalized spacial score (nSPS) is 8.70. The van der Waals surface area contributed by atoms with E-state index in [9.17, 15) is 9.36 Å². The fraction of sp³-hybridized carbons (Fsp3) is 0.500. The Hall–Kier alpha value is 2.89. The molecule has 0 spiro atoms. The summed E-state index contributed by atoms with van der Waals surface area (Å²) in [4.78, 5) is 25.5. The van der Waals surface area contributed by atoms with Crippen LogP contribution in [-0.2, 0) is 13.9 Å². The monoisotopic (exact) mass is 220 g/mol. The molecule has 0 aromatic heterocycles. The molecule has 0 aromatic carbocycles. The van der Waals surface area contributed by atoms with Gasteiger partial charge in [0.1, 0.15) is 0 Å². The van der Waals surface area contributed by atoms with Crippen LogP contribution in [-0.4, -0.2) is 119 Å². The van der Waals surface area contributed by atoms with E-state index in [0.29, 0.717) is 0 Å². The van der Waals surface area contributed by atoms with Crippen LogP contribution >= 0.6 is 7.82 Å². The van der Waals surface area contributed by atoms with Crippen molar-refractivity contribution in [1.82, 2.24) is 0 Å². The Morgan fingerprint density at radius 1 is 1.40 bits per heavy atom. The number of phosphoric acid groups is 1. The van der Waals surface area contributed by atoms with Crippen LogP contribution in [0.3, 0.4) is 0 Å². The molecule has 0 heterocycles.